The van der Waals surface area contributed by atoms with Gasteiger partial charge in [-0.15, -0.1) is 0 Å². The zero-order chi connectivity index (χ0) is 16.0. The van der Waals surface area contributed by atoms with Crippen molar-refractivity contribution in [2.75, 3.05) is 12.3 Å². The third-order valence-corrected chi connectivity index (χ3v) is 5.43. The number of quaternary nitrogens is 1. The molecule has 0 aliphatic heterocycles. The zero-order valence-corrected chi connectivity index (χ0v) is 14.5. The fraction of sp³-hybridized carbons (Fsp3) is 0.294. The third-order valence-electron chi connectivity index (χ3n) is 3.67. The number of aliphatic hydroxyl groups is 1. The van der Waals surface area contributed by atoms with Gasteiger partial charge in [0.05, 0.1) is 11.4 Å². The Bertz CT molecular complexity index is 677. The van der Waals surface area contributed by atoms with Gasteiger partial charge >= 0.3 is 0 Å². The van der Waals surface area contributed by atoms with Crippen LogP contribution in [0.2, 0.25) is 0 Å². The molecule has 4 nitrogen and oxygen atoms in total. The van der Waals surface area contributed by atoms with E-state index in [-0.39, 0.29) is 24.2 Å². The molecule has 2 aromatic rings. The van der Waals surface area contributed by atoms with E-state index in [0.717, 1.165) is 5.56 Å². The van der Waals surface area contributed by atoms with Gasteiger partial charge in [-0.25, -0.2) is 8.42 Å². The van der Waals surface area contributed by atoms with Gasteiger partial charge < -0.3 is 22.8 Å². The van der Waals surface area contributed by atoms with Crippen molar-refractivity contribution in [2.45, 2.75) is 24.0 Å². The van der Waals surface area contributed by atoms with Crippen LogP contribution in [0.5, 0.6) is 0 Å². The van der Waals surface area contributed by atoms with Crippen molar-refractivity contribution in [1.29, 1.82) is 0 Å². The summed E-state index contributed by atoms with van der Waals surface area (Å²) in [5.74, 6) is 0.0584. The molecular weight excluding hydrogens is 334 g/mol. The number of nitrogens with two attached hydrogens (primary N) is 1. The van der Waals surface area contributed by atoms with E-state index in [1.165, 1.54) is 0 Å². The second-order valence-electron chi connectivity index (χ2n) is 5.37. The number of hydrogen-bond donors (Lipinski definition) is 2. The maximum absolute atomic E-state index is 12.2. The molecule has 126 valence electrons. The van der Waals surface area contributed by atoms with Crippen LogP contribution in [0.4, 0.5) is 0 Å². The standard InChI is InChI=1S/C17H21NO3S.ClH/c1-14(17(19)15-8-4-2-5-9-15)18-12-13-22(20,21)16-10-6-3-7-11-16;/h2-11,14,17-19H,12-13H2,1H3;1H. The van der Waals surface area contributed by atoms with Crippen molar-refractivity contribution in [2.24, 2.45) is 0 Å². The summed E-state index contributed by atoms with van der Waals surface area (Å²) >= 11 is 0. The quantitative estimate of drug-likeness (QED) is 0.612. The third kappa shape index (κ3) is 5.62. The van der Waals surface area contributed by atoms with E-state index < -0.39 is 15.9 Å². The molecule has 0 fully saturated rings. The molecule has 0 aliphatic rings. The Morgan fingerprint density at radius 3 is 2.09 bits per heavy atom. The molecule has 2 atom stereocenters. The Morgan fingerprint density at radius 1 is 1.00 bits per heavy atom. The van der Waals surface area contributed by atoms with Crippen LogP contribution < -0.4 is 17.7 Å². The molecule has 0 radical (unpaired) electrons. The average Bonchev–Trinajstić information content (AvgIpc) is 2.55. The minimum Gasteiger partial charge on any atom is -1.00 e. The van der Waals surface area contributed by atoms with Crippen LogP contribution in [0.15, 0.2) is 65.6 Å². The molecule has 0 aliphatic carbocycles. The maximum atomic E-state index is 12.2. The molecule has 3 N–H and O–H groups in total. The molecule has 0 saturated heterocycles. The number of sulfone groups is 1. The molecule has 6 heteroatoms. The predicted octanol–water partition coefficient (Wildman–Crippen LogP) is -1.85. The second-order valence-corrected chi connectivity index (χ2v) is 7.48. The first-order chi connectivity index (χ1) is 10.5. The van der Waals surface area contributed by atoms with Gasteiger partial charge in [0, 0.05) is 0 Å². The van der Waals surface area contributed by atoms with Crippen molar-refractivity contribution >= 4 is 9.84 Å². The summed E-state index contributed by atoms with van der Waals surface area (Å²) < 4.78 is 24.3. The minimum atomic E-state index is -3.26. The first-order valence-corrected chi connectivity index (χ1v) is 9.00. The molecule has 2 rings (SSSR count). The fourth-order valence-electron chi connectivity index (χ4n) is 2.31. The first-order valence-electron chi connectivity index (χ1n) is 7.35. The first kappa shape index (κ1) is 19.6. The van der Waals surface area contributed by atoms with E-state index in [9.17, 15) is 13.5 Å². The van der Waals surface area contributed by atoms with Crippen molar-refractivity contribution in [3.63, 3.8) is 0 Å². The summed E-state index contributed by atoms with van der Waals surface area (Å²) in [5.41, 5.74) is 0.845. The number of benzene rings is 2. The van der Waals surface area contributed by atoms with E-state index in [4.69, 9.17) is 0 Å². The normalized spacial score (nSPS) is 13.8. The van der Waals surface area contributed by atoms with Crippen LogP contribution in [0.3, 0.4) is 0 Å². The van der Waals surface area contributed by atoms with E-state index >= 15 is 0 Å². The van der Waals surface area contributed by atoms with Crippen LogP contribution in [0, 0.1) is 0 Å². The zero-order valence-electron chi connectivity index (χ0n) is 13.0. The lowest BCUT2D eigenvalue weighted by Gasteiger charge is -2.17. The smallest absolute Gasteiger partial charge is 0.183 e. The Kier molecular flexibility index (Phi) is 7.72. The molecular formula is C17H22ClNO3S. The fourth-order valence-corrected chi connectivity index (χ4v) is 3.57. The second kappa shape index (κ2) is 9.03. The molecule has 0 aromatic heterocycles. The lowest BCUT2D eigenvalue weighted by atomic mass is 10.0. The number of rotatable bonds is 7. The van der Waals surface area contributed by atoms with E-state index in [0.29, 0.717) is 11.4 Å². The average molecular weight is 356 g/mol. The Hall–Kier alpha value is -1.40. The van der Waals surface area contributed by atoms with Crippen molar-refractivity contribution in [3.8, 4) is 0 Å². The van der Waals surface area contributed by atoms with Crippen LogP contribution in [0.25, 0.3) is 0 Å². The maximum Gasteiger partial charge on any atom is 0.183 e. The van der Waals surface area contributed by atoms with Gasteiger partial charge in [-0.05, 0) is 24.6 Å². The summed E-state index contributed by atoms with van der Waals surface area (Å²) in [7, 11) is -3.26. The van der Waals surface area contributed by atoms with Gasteiger partial charge in [0.1, 0.15) is 17.9 Å². The van der Waals surface area contributed by atoms with Gasteiger partial charge in [-0.3, -0.25) is 0 Å². The summed E-state index contributed by atoms with van der Waals surface area (Å²) in [4.78, 5) is 0.347. The summed E-state index contributed by atoms with van der Waals surface area (Å²) in [6, 6.07) is 17.8. The Labute approximate surface area is 143 Å². The molecule has 2 aromatic carbocycles. The minimum absolute atomic E-state index is 0. The highest BCUT2D eigenvalue weighted by atomic mass is 35.5. The highest BCUT2D eigenvalue weighted by Crippen LogP contribution is 2.14. The highest BCUT2D eigenvalue weighted by molar-refractivity contribution is 7.91. The number of halogens is 1. The summed E-state index contributed by atoms with van der Waals surface area (Å²) in [6.07, 6.45) is -0.611. The van der Waals surface area contributed by atoms with Crippen LogP contribution >= 0.6 is 0 Å². The van der Waals surface area contributed by atoms with Gasteiger partial charge in [0.2, 0.25) is 0 Å². The van der Waals surface area contributed by atoms with Crippen LogP contribution in [-0.2, 0) is 9.84 Å². The lowest BCUT2D eigenvalue weighted by molar-refractivity contribution is -0.690. The van der Waals surface area contributed by atoms with Crippen LogP contribution in [-0.4, -0.2) is 31.9 Å². The van der Waals surface area contributed by atoms with Gasteiger partial charge in [-0.1, -0.05) is 48.5 Å². The van der Waals surface area contributed by atoms with Crippen molar-refractivity contribution in [3.05, 3.63) is 66.2 Å². The monoisotopic (exact) mass is 355 g/mol. The van der Waals surface area contributed by atoms with E-state index in [2.05, 4.69) is 0 Å². The van der Waals surface area contributed by atoms with Crippen molar-refractivity contribution < 1.29 is 31.2 Å². The summed E-state index contributed by atoms with van der Waals surface area (Å²) in [5, 5.41) is 12.1. The van der Waals surface area contributed by atoms with Gasteiger partial charge in [0.15, 0.2) is 9.84 Å². The Balaban J connectivity index is 0.00000264. The molecule has 0 spiro atoms. The lowest BCUT2D eigenvalue weighted by Crippen LogP contribution is -3.00. The van der Waals surface area contributed by atoms with Gasteiger partial charge in [0.25, 0.3) is 0 Å². The number of hydrogen-bond acceptors (Lipinski definition) is 3. The SMILES string of the molecule is CC([NH2+]CCS(=O)(=O)c1ccccc1)C(O)c1ccccc1.[Cl-]. The molecule has 0 amide bonds. The molecule has 23 heavy (non-hydrogen) atoms. The molecule has 0 saturated carbocycles. The van der Waals surface area contributed by atoms with Crippen molar-refractivity contribution in [1.82, 2.24) is 0 Å². The topological polar surface area (TPSA) is 71.0 Å². The van der Waals surface area contributed by atoms with Gasteiger partial charge in [-0.2, -0.15) is 0 Å². The molecule has 0 bridgehead atoms. The van der Waals surface area contributed by atoms with E-state index in [1.807, 2.05) is 42.6 Å². The summed E-state index contributed by atoms with van der Waals surface area (Å²) in [6.45, 7) is 2.31. The van der Waals surface area contributed by atoms with E-state index in [1.54, 1.807) is 30.3 Å². The van der Waals surface area contributed by atoms with Crippen LogP contribution in [0.1, 0.15) is 18.6 Å². The Morgan fingerprint density at radius 2 is 1.52 bits per heavy atom. The largest absolute Gasteiger partial charge is 1.00 e. The molecule has 0 heterocycles. The predicted molar refractivity (Wildman–Crippen MR) is 86.2 cm³/mol. The number of aliphatic hydroxyl groups excluding tert-OH is 1. The molecule has 2 unspecified atom stereocenters. The highest BCUT2D eigenvalue weighted by Gasteiger charge is 2.21.